The number of carbonyl (C=O) groups excluding carboxylic acids is 1. The van der Waals surface area contributed by atoms with Crippen LogP contribution in [0.2, 0.25) is 10.0 Å². The number of esters is 1. The summed E-state index contributed by atoms with van der Waals surface area (Å²) in [6.07, 6.45) is 3.49. The molecule has 0 aliphatic rings. The maximum absolute atomic E-state index is 12.9. The van der Waals surface area contributed by atoms with Crippen LogP contribution in [0.25, 0.3) is 11.1 Å². The molecule has 0 aliphatic carbocycles. The van der Waals surface area contributed by atoms with Gasteiger partial charge >= 0.3 is 5.97 Å². The van der Waals surface area contributed by atoms with Crippen LogP contribution in [-0.4, -0.2) is 27.5 Å². The molecule has 2 N–H and O–H groups in total. The molecule has 0 fully saturated rings. The van der Waals surface area contributed by atoms with E-state index < -0.39 is 5.97 Å². The van der Waals surface area contributed by atoms with E-state index in [4.69, 9.17) is 40.2 Å². The number of halogens is 2. The lowest BCUT2D eigenvalue weighted by atomic mass is 10.0. The van der Waals surface area contributed by atoms with Gasteiger partial charge in [-0.3, -0.25) is 4.68 Å². The van der Waals surface area contributed by atoms with Crippen molar-refractivity contribution in [3.8, 4) is 11.1 Å². The molecule has 4 aromatic rings. The van der Waals surface area contributed by atoms with Crippen LogP contribution in [0.4, 0.5) is 10.7 Å². The Morgan fingerprint density at radius 3 is 2.66 bits per heavy atom. The first-order chi connectivity index (χ1) is 16.9. The first kappa shape index (κ1) is 25.2. The van der Waals surface area contributed by atoms with Gasteiger partial charge in [0.1, 0.15) is 10.6 Å². The second-order valence-corrected chi connectivity index (χ2v) is 10.0. The monoisotopic (exact) mass is 544 g/mol. The van der Waals surface area contributed by atoms with Crippen molar-refractivity contribution in [2.24, 2.45) is 0 Å². The number of carbonyl (C=O) groups is 1. The molecule has 2 heterocycles. The van der Waals surface area contributed by atoms with Gasteiger partial charge in [-0.2, -0.15) is 5.10 Å². The summed E-state index contributed by atoms with van der Waals surface area (Å²) < 4.78 is 7.10. The molecule has 6 nitrogen and oxygen atoms in total. The van der Waals surface area contributed by atoms with Gasteiger partial charge in [0, 0.05) is 26.7 Å². The highest BCUT2D eigenvalue weighted by Crippen LogP contribution is 2.40. The van der Waals surface area contributed by atoms with Crippen molar-refractivity contribution in [1.29, 1.82) is 0 Å². The fraction of sp³-hybridized carbons (Fsp3) is 0.160. The van der Waals surface area contributed by atoms with Crippen LogP contribution in [0.3, 0.4) is 0 Å². The molecule has 0 bridgehead atoms. The Morgan fingerprint density at radius 1 is 1.17 bits per heavy atom. The lowest BCUT2D eigenvalue weighted by Crippen LogP contribution is -2.20. The Hall–Kier alpha value is -2.91. The van der Waals surface area contributed by atoms with Crippen molar-refractivity contribution >= 4 is 68.5 Å². The molecule has 180 valence electrons. The van der Waals surface area contributed by atoms with Crippen molar-refractivity contribution in [1.82, 2.24) is 9.78 Å². The number of anilines is 2. The number of rotatable bonds is 7. The minimum Gasteiger partial charge on any atom is -0.462 e. The topological polar surface area (TPSA) is 68.2 Å². The minimum atomic E-state index is -0.395. The number of aromatic nitrogens is 2. The van der Waals surface area contributed by atoms with Gasteiger partial charge in [0.2, 0.25) is 0 Å². The third-order valence-corrected chi connectivity index (χ3v) is 6.90. The van der Waals surface area contributed by atoms with E-state index >= 15 is 0 Å². The molecule has 4 rings (SSSR count). The third kappa shape index (κ3) is 6.02. The highest BCUT2D eigenvalue weighted by molar-refractivity contribution is 7.80. The number of nitrogens with one attached hydrogen (secondary N) is 2. The normalized spacial score (nSPS) is 10.7. The molecule has 0 radical (unpaired) electrons. The number of thiocarbonyl (C=S) groups is 1. The summed E-state index contributed by atoms with van der Waals surface area (Å²) in [5.74, 6) is -0.395. The largest absolute Gasteiger partial charge is 0.462 e. The van der Waals surface area contributed by atoms with E-state index in [-0.39, 0.29) is 6.61 Å². The first-order valence-corrected chi connectivity index (χ1v) is 12.7. The lowest BCUT2D eigenvalue weighted by Gasteiger charge is -2.11. The number of benzene rings is 2. The average molecular weight is 546 g/mol. The maximum atomic E-state index is 12.9. The fourth-order valence-corrected chi connectivity index (χ4v) is 5.41. The highest BCUT2D eigenvalue weighted by Gasteiger charge is 2.25. The number of nitrogens with zero attached hydrogens (tertiary/aromatic N) is 2. The van der Waals surface area contributed by atoms with Crippen molar-refractivity contribution in [3.63, 3.8) is 0 Å². The summed E-state index contributed by atoms with van der Waals surface area (Å²) in [5, 5.41) is 12.8. The SMILES string of the molecule is CCOC(=O)c1c(NC(=S)Nc2cnn(Cc3ccc(Cl)cc3Cl)c2)sc(C)c1-c1ccccc1. The Kier molecular flexibility index (Phi) is 8.07. The maximum Gasteiger partial charge on any atom is 0.341 e. The van der Waals surface area contributed by atoms with Gasteiger partial charge in [0.05, 0.1) is 25.0 Å². The van der Waals surface area contributed by atoms with Gasteiger partial charge in [-0.1, -0.05) is 59.6 Å². The molecule has 0 amide bonds. The zero-order chi connectivity index (χ0) is 24.9. The van der Waals surface area contributed by atoms with Crippen LogP contribution in [0, 0.1) is 6.92 Å². The van der Waals surface area contributed by atoms with Crippen molar-refractivity contribution in [3.05, 3.63) is 87.0 Å². The zero-order valence-corrected chi connectivity index (χ0v) is 22.1. The number of hydrogen-bond donors (Lipinski definition) is 2. The number of ether oxygens (including phenoxy) is 1. The zero-order valence-electron chi connectivity index (χ0n) is 19.0. The lowest BCUT2D eigenvalue weighted by molar-refractivity contribution is 0.0529. The molecule has 35 heavy (non-hydrogen) atoms. The van der Waals surface area contributed by atoms with Gasteiger partial charge in [0.25, 0.3) is 0 Å². The van der Waals surface area contributed by atoms with Crippen LogP contribution in [0.15, 0.2) is 60.9 Å². The van der Waals surface area contributed by atoms with Gasteiger partial charge in [0.15, 0.2) is 5.11 Å². The quantitative estimate of drug-likeness (QED) is 0.188. The molecule has 0 saturated heterocycles. The molecule has 2 aromatic heterocycles. The third-order valence-electron chi connectivity index (χ3n) is 5.09. The fourth-order valence-electron chi connectivity index (χ4n) is 3.59. The van der Waals surface area contributed by atoms with Crippen LogP contribution in [0.1, 0.15) is 27.7 Å². The van der Waals surface area contributed by atoms with Gasteiger partial charge in [-0.15, -0.1) is 11.3 Å². The molecule has 0 spiro atoms. The van der Waals surface area contributed by atoms with Gasteiger partial charge in [-0.25, -0.2) is 4.79 Å². The van der Waals surface area contributed by atoms with E-state index in [0.29, 0.717) is 38.0 Å². The summed E-state index contributed by atoms with van der Waals surface area (Å²) in [7, 11) is 0. The van der Waals surface area contributed by atoms with E-state index in [2.05, 4.69) is 15.7 Å². The summed E-state index contributed by atoms with van der Waals surface area (Å²) in [5.41, 5.74) is 3.85. The molecule has 0 saturated carbocycles. The van der Waals surface area contributed by atoms with E-state index in [1.807, 2.05) is 49.5 Å². The predicted octanol–water partition coefficient (Wildman–Crippen LogP) is 7.26. The van der Waals surface area contributed by atoms with Gasteiger partial charge < -0.3 is 15.4 Å². The summed E-state index contributed by atoms with van der Waals surface area (Å²) in [6, 6.07) is 15.1. The van der Waals surface area contributed by atoms with E-state index in [1.165, 1.54) is 11.3 Å². The molecule has 2 aromatic carbocycles. The number of hydrogen-bond acceptors (Lipinski definition) is 5. The smallest absolute Gasteiger partial charge is 0.341 e. The molecular weight excluding hydrogens is 523 g/mol. The Morgan fingerprint density at radius 2 is 1.94 bits per heavy atom. The number of aryl methyl sites for hydroxylation is 1. The van der Waals surface area contributed by atoms with Crippen molar-refractivity contribution in [2.75, 3.05) is 17.2 Å². The standard InChI is InChI=1S/C25H22Cl2N4O2S2/c1-3-33-24(32)22-21(16-7-5-4-6-8-16)15(2)35-23(22)30-25(34)29-19-12-28-31(14-19)13-17-9-10-18(26)11-20(17)27/h4-12,14H,3,13H2,1-2H3,(H2,29,30,34). The average Bonchev–Trinajstić information content (AvgIpc) is 3.39. The second kappa shape index (κ2) is 11.2. The highest BCUT2D eigenvalue weighted by atomic mass is 35.5. The van der Waals surface area contributed by atoms with Crippen LogP contribution in [-0.2, 0) is 11.3 Å². The summed E-state index contributed by atoms with van der Waals surface area (Å²) in [6.45, 7) is 4.52. The number of thiophene rings is 1. The van der Waals surface area contributed by atoms with Crippen molar-refractivity contribution < 1.29 is 9.53 Å². The Balaban J connectivity index is 1.52. The summed E-state index contributed by atoms with van der Waals surface area (Å²) in [4.78, 5) is 13.9. The Bertz CT molecular complexity index is 1370. The molecule has 0 atom stereocenters. The molecule has 10 heteroatoms. The van der Waals surface area contributed by atoms with Crippen LogP contribution < -0.4 is 10.6 Å². The summed E-state index contributed by atoms with van der Waals surface area (Å²) >= 11 is 19.2. The molecular formula is C25H22Cl2N4O2S2. The van der Waals surface area contributed by atoms with Crippen molar-refractivity contribution in [2.45, 2.75) is 20.4 Å². The first-order valence-electron chi connectivity index (χ1n) is 10.8. The van der Waals surface area contributed by atoms with E-state index in [1.54, 1.807) is 29.9 Å². The Labute approximate surface area is 222 Å². The van der Waals surface area contributed by atoms with Crippen LogP contribution in [0.5, 0.6) is 0 Å². The molecule has 0 unspecified atom stereocenters. The van der Waals surface area contributed by atoms with Crippen LogP contribution >= 0.6 is 46.8 Å². The minimum absolute atomic E-state index is 0.279. The molecule has 0 aliphatic heterocycles. The predicted molar refractivity (Wildman–Crippen MR) is 148 cm³/mol. The van der Waals surface area contributed by atoms with E-state index in [0.717, 1.165) is 21.6 Å². The van der Waals surface area contributed by atoms with E-state index in [9.17, 15) is 4.79 Å². The van der Waals surface area contributed by atoms with Gasteiger partial charge in [-0.05, 0) is 49.3 Å². The second-order valence-electron chi connectivity index (χ2n) is 7.57.